The molecule has 1 amide bonds. The number of ether oxygens (including phenoxy) is 1. The highest BCUT2D eigenvalue weighted by atomic mass is 16.5. The maximum absolute atomic E-state index is 13.2. The number of rotatable bonds is 12. The van der Waals surface area contributed by atoms with E-state index < -0.39 is 0 Å². The Labute approximate surface area is 284 Å². The van der Waals surface area contributed by atoms with Crippen molar-refractivity contribution < 1.29 is 9.53 Å². The Kier molecular flexibility index (Phi) is 9.15. The van der Waals surface area contributed by atoms with Crippen LogP contribution in [0.4, 0.5) is 23.3 Å². The molecule has 49 heavy (non-hydrogen) atoms. The predicted octanol–water partition coefficient (Wildman–Crippen LogP) is 5.26. The third-order valence-electron chi connectivity index (χ3n) is 8.66. The summed E-state index contributed by atoms with van der Waals surface area (Å²) in [6.45, 7) is 6.37. The van der Waals surface area contributed by atoms with Gasteiger partial charge in [0.25, 0.3) is 0 Å². The molecule has 0 aliphatic carbocycles. The normalized spacial score (nSPS) is 14.6. The number of benzene rings is 2. The zero-order chi connectivity index (χ0) is 33.7. The Morgan fingerprint density at radius 1 is 1.04 bits per heavy atom. The van der Waals surface area contributed by atoms with Crippen LogP contribution in [0.15, 0.2) is 79.4 Å². The molecule has 250 valence electrons. The predicted molar refractivity (Wildman–Crippen MR) is 190 cm³/mol. The van der Waals surface area contributed by atoms with Crippen LogP contribution in [-0.4, -0.2) is 77.8 Å². The summed E-state index contributed by atoms with van der Waals surface area (Å²) in [6.07, 6.45) is 6.87. The van der Waals surface area contributed by atoms with Crippen molar-refractivity contribution in [2.75, 3.05) is 42.1 Å². The van der Waals surface area contributed by atoms with Crippen LogP contribution < -0.4 is 20.7 Å². The van der Waals surface area contributed by atoms with Gasteiger partial charge in [-0.3, -0.25) is 14.4 Å². The van der Waals surface area contributed by atoms with Crippen molar-refractivity contribution in [3.63, 3.8) is 0 Å². The molecule has 1 atom stereocenters. The molecule has 1 aliphatic rings. The molecular weight excluding hydrogens is 618 g/mol. The lowest BCUT2D eigenvalue weighted by Gasteiger charge is -2.17. The fraction of sp³-hybridized carbons (Fsp3) is 0.278. The number of carbonyl (C=O) groups excluding carboxylic acids is 1. The minimum atomic E-state index is -0.0911. The molecule has 1 saturated heterocycles. The molecule has 0 saturated carbocycles. The lowest BCUT2D eigenvalue weighted by Crippen LogP contribution is -2.33. The fourth-order valence-corrected chi connectivity index (χ4v) is 6.05. The number of aryl methyl sites for hydroxylation is 3. The lowest BCUT2D eigenvalue weighted by atomic mass is 10.1. The molecule has 6 aromatic rings. The first kappa shape index (κ1) is 31.8. The summed E-state index contributed by atoms with van der Waals surface area (Å²) in [6, 6.07) is 20.0. The van der Waals surface area contributed by atoms with E-state index in [2.05, 4.69) is 58.0 Å². The Morgan fingerprint density at radius 2 is 1.92 bits per heavy atom. The van der Waals surface area contributed by atoms with E-state index in [-0.39, 0.29) is 18.6 Å². The number of hydrogen-bond acceptors (Lipinski definition) is 10. The minimum absolute atomic E-state index is 0.0635. The average Bonchev–Trinajstić information content (AvgIpc) is 3.81. The van der Waals surface area contributed by atoms with Gasteiger partial charge in [0, 0.05) is 67.9 Å². The zero-order valence-corrected chi connectivity index (χ0v) is 27.8. The molecule has 1 unspecified atom stereocenters. The van der Waals surface area contributed by atoms with Crippen LogP contribution in [-0.2, 0) is 18.3 Å². The molecule has 1 aliphatic heterocycles. The van der Waals surface area contributed by atoms with E-state index in [0.717, 1.165) is 65.2 Å². The van der Waals surface area contributed by atoms with Crippen LogP contribution >= 0.6 is 0 Å². The van der Waals surface area contributed by atoms with Crippen LogP contribution in [0, 0.1) is 13.8 Å². The second-order valence-corrected chi connectivity index (χ2v) is 12.3. The van der Waals surface area contributed by atoms with Gasteiger partial charge in [-0.05, 0) is 43.9 Å². The van der Waals surface area contributed by atoms with E-state index in [1.54, 1.807) is 10.9 Å². The van der Waals surface area contributed by atoms with Gasteiger partial charge in [-0.2, -0.15) is 5.10 Å². The van der Waals surface area contributed by atoms with Gasteiger partial charge in [0.15, 0.2) is 5.82 Å². The summed E-state index contributed by atoms with van der Waals surface area (Å²) in [5, 5.41) is 15.1. The smallest absolute Gasteiger partial charge is 0.238 e. The van der Waals surface area contributed by atoms with E-state index in [4.69, 9.17) is 9.72 Å². The van der Waals surface area contributed by atoms with Crippen molar-refractivity contribution in [1.82, 2.24) is 39.6 Å². The van der Waals surface area contributed by atoms with Gasteiger partial charge in [0.1, 0.15) is 18.2 Å². The summed E-state index contributed by atoms with van der Waals surface area (Å²) in [4.78, 5) is 36.6. The summed E-state index contributed by atoms with van der Waals surface area (Å²) in [5.74, 6) is 2.30. The molecule has 5 heterocycles. The maximum Gasteiger partial charge on any atom is 0.238 e. The standard InChI is InChI=1S/C36H39N11O2/c1-23-18-39-36(43-31-16-24(2)46(3)45-31)44-34(23)28-19-38-35-27(28)10-7-11-29(35)42-32(48)21-47-15-13-26(20-47)49-33-17-30(40-22-41-33)37-14-12-25-8-5-4-6-9-25/h4-11,16-19,22,26,38H,12-15,20-21H2,1-3H3,(H,42,48)(H,37,40,41)(H,39,43,44,45). The first-order valence-corrected chi connectivity index (χ1v) is 16.4. The number of aromatic nitrogens is 7. The van der Waals surface area contributed by atoms with Crippen molar-refractivity contribution in [2.24, 2.45) is 7.05 Å². The highest BCUT2D eigenvalue weighted by Gasteiger charge is 2.26. The van der Waals surface area contributed by atoms with Crippen molar-refractivity contribution in [2.45, 2.75) is 32.8 Å². The number of fused-ring (bicyclic) bond motifs is 1. The number of anilines is 4. The number of para-hydroxylation sites is 1. The molecule has 7 rings (SSSR count). The maximum atomic E-state index is 13.2. The molecule has 0 radical (unpaired) electrons. The first-order chi connectivity index (χ1) is 23.9. The van der Waals surface area contributed by atoms with Gasteiger partial charge in [0.05, 0.1) is 23.4 Å². The summed E-state index contributed by atoms with van der Waals surface area (Å²) < 4.78 is 7.98. The minimum Gasteiger partial charge on any atom is -0.473 e. The SMILES string of the molecule is Cc1cnc(Nc2cc(C)n(C)n2)nc1-c1c[nH]c2c(NC(=O)CN3CCC(Oc4cc(NCCc5ccccc5)ncn4)C3)cccc12. The first-order valence-electron chi connectivity index (χ1n) is 16.4. The highest BCUT2D eigenvalue weighted by molar-refractivity contribution is 6.06. The quantitative estimate of drug-likeness (QED) is 0.137. The van der Waals surface area contributed by atoms with E-state index >= 15 is 0 Å². The number of carbonyl (C=O) groups is 1. The molecule has 2 aromatic carbocycles. The lowest BCUT2D eigenvalue weighted by molar-refractivity contribution is -0.117. The van der Waals surface area contributed by atoms with Gasteiger partial charge < -0.3 is 25.7 Å². The molecule has 1 fully saturated rings. The molecule has 4 aromatic heterocycles. The number of nitrogens with zero attached hydrogens (tertiary/aromatic N) is 7. The van der Waals surface area contributed by atoms with E-state index in [0.29, 0.717) is 29.9 Å². The van der Waals surface area contributed by atoms with Crippen LogP contribution in [0.25, 0.3) is 22.2 Å². The topological polar surface area (TPSA) is 151 Å². The van der Waals surface area contributed by atoms with Gasteiger partial charge in [0.2, 0.25) is 17.7 Å². The Morgan fingerprint density at radius 3 is 2.76 bits per heavy atom. The Hall–Kier alpha value is -5.82. The average molecular weight is 658 g/mol. The monoisotopic (exact) mass is 657 g/mol. The van der Waals surface area contributed by atoms with E-state index in [1.807, 2.05) is 75.6 Å². The summed E-state index contributed by atoms with van der Waals surface area (Å²) in [7, 11) is 1.89. The fourth-order valence-electron chi connectivity index (χ4n) is 6.05. The van der Waals surface area contributed by atoms with Crippen molar-refractivity contribution >= 4 is 40.1 Å². The van der Waals surface area contributed by atoms with Crippen molar-refractivity contribution in [1.29, 1.82) is 0 Å². The number of amides is 1. The third-order valence-corrected chi connectivity index (χ3v) is 8.66. The number of hydrogen-bond donors (Lipinski definition) is 4. The number of likely N-dealkylation sites (tertiary alicyclic amines) is 1. The number of H-pyrrole nitrogens is 1. The zero-order valence-electron chi connectivity index (χ0n) is 27.8. The number of aromatic amines is 1. The number of nitrogens with one attached hydrogen (secondary N) is 4. The second kappa shape index (κ2) is 14.1. The second-order valence-electron chi connectivity index (χ2n) is 12.3. The van der Waals surface area contributed by atoms with Crippen LogP contribution in [0.1, 0.15) is 23.2 Å². The molecule has 13 nitrogen and oxygen atoms in total. The Balaban J connectivity index is 0.949. The van der Waals surface area contributed by atoms with Crippen LogP contribution in [0.3, 0.4) is 0 Å². The van der Waals surface area contributed by atoms with Gasteiger partial charge in [-0.15, -0.1) is 0 Å². The summed E-state index contributed by atoms with van der Waals surface area (Å²) in [5.41, 5.74) is 6.48. The molecule has 13 heteroatoms. The van der Waals surface area contributed by atoms with Crippen LogP contribution in [0.5, 0.6) is 5.88 Å². The molecule has 0 bridgehead atoms. The van der Waals surface area contributed by atoms with Crippen molar-refractivity contribution in [3.8, 4) is 17.1 Å². The van der Waals surface area contributed by atoms with Gasteiger partial charge >= 0.3 is 0 Å². The van der Waals surface area contributed by atoms with E-state index in [1.165, 1.54) is 11.9 Å². The summed E-state index contributed by atoms with van der Waals surface area (Å²) >= 11 is 0. The molecule has 0 spiro atoms. The van der Waals surface area contributed by atoms with Crippen LogP contribution in [0.2, 0.25) is 0 Å². The van der Waals surface area contributed by atoms with Gasteiger partial charge in [-0.25, -0.2) is 19.9 Å². The van der Waals surface area contributed by atoms with E-state index in [9.17, 15) is 4.79 Å². The highest BCUT2D eigenvalue weighted by Crippen LogP contribution is 2.33. The van der Waals surface area contributed by atoms with Crippen molar-refractivity contribution in [3.05, 3.63) is 96.2 Å². The molecule has 4 N–H and O–H groups in total. The third kappa shape index (κ3) is 7.52. The molecular formula is C36H39N11O2. The Bertz CT molecular complexity index is 2060. The largest absolute Gasteiger partial charge is 0.473 e. The van der Waals surface area contributed by atoms with Gasteiger partial charge in [-0.1, -0.05) is 42.5 Å².